The van der Waals surface area contributed by atoms with Gasteiger partial charge in [0.1, 0.15) is 5.82 Å². The number of aryl methyl sites for hydroxylation is 1. The first-order valence-corrected chi connectivity index (χ1v) is 8.18. The zero-order valence-electron chi connectivity index (χ0n) is 13.8. The molecule has 3 rings (SSSR count). The van der Waals surface area contributed by atoms with Crippen LogP contribution in [0, 0.1) is 6.92 Å². The minimum absolute atomic E-state index is 0.0323. The number of amides is 1. The lowest BCUT2D eigenvalue weighted by atomic mass is 10.0. The standard InChI is InChI=1S/C18H24N4O/c1-14-19-9-12-22(14)13-15-3-5-16(6-4-15)18(23)20-17-7-10-21(2)11-8-17/h3-6,9,12,17H,7-8,10-11,13H2,1-2H3,(H,20,23). The number of hydrogen-bond donors (Lipinski definition) is 1. The fourth-order valence-corrected chi connectivity index (χ4v) is 2.95. The van der Waals surface area contributed by atoms with Gasteiger partial charge in [-0.2, -0.15) is 0 Å². The highest BCUT2D eigenvalue weighted by Crippen LogP contribution is 2.11. The summed E-state index contributed by atoms with van der Waals surface area (Å²) in [5, 5.41) is 3.15. The van der Waals surface area contributed by atoms with Crippen LogP contribution in [0.15, 0.2) is 36.7 Å². The van der Waals surface area contributed by atoms with Crippen LogP contribution in [0.2, 0.25) is 0 Å². The van der Waals surface area contributed by atoms with Crippen molar-refractivity contribution in [2.45, 2.75) is 32.4 Å². The molecule has 1 aliphatic rings. The Kier molecular flexibility index (Phi) is 4.76. The van der Waals surface area contributed by atoms with Crippen molar-refractivity contribution < 1.29 is 4.79 Å². The molecule has 1 aliphatic heterocycles. The monoisotopic (exact) mass is 312 g/mol. The summed E-state index contributed by atoms with van der Waals surface area (Å²) in [5.74, 6) is 1.03. The molecule has 1 aromatic carbocycles. The number of rotatable bonds is 4. The number of piperidine rings is 1. The maximum Gasteiger partial charge on any atom is 0.251 e. The smallest absolute Gasteiger partial charge is 0.251 e. The number of nitrogens with zero attached hydrogens (tertiary/aromatic N) is 3. The van der Waals surface area contributed by atoms with Crippen LogP contribution in [0.3, 0.4) is 0 Å². The minimum atomic E-state index is 0.0323. The lowest BCUT2D eigenvalue weighted by Crippen LogP contribution is -2.43. The van der Waals surface area contributed by atoms with Crippen LogP contribution in [-0.4, -0.2) is 46.5 Å². The number of likely N-dealkylation sites (tertiary alicyclic amines) is 1. The number of carbonyl (C=O) groups is 1. The Morgan fingerprint density at radius 2 is 1.96 bits per heavy atom. The van der Waals surface area contributed by atoms with Gasteiger partial charge in [0.25, 0.3) is 5.91 Å². The number of aromatic nitrogens is 2. The van der Waals surface area contributed by atoms with E-state index in [0.717, 1.165) is 43.9 Å². The summed E-state index contributed by atoms with van der Waals surface area (Å²) >= 11 is 0. The first kappa shape index (κ1) is 15.7. The summed E-state index contributed by atoms with van der Waals surface area (Å²) in [7, 11) is 2.12. The van der Waals surface area contributed by atoms with Crippen LogP contribution in [0.1, 0.15) is 34.6 Å². The molecule has 1 amide bonds. The fraction of sp³-hybridized carbons (Fsp3) is 0.444. The second kappa shape index (κ2) is 6.96. The van der Waals surface area contributed by atoms with Gasteiger partial charge < -0.3 is 14.8 Å². The third-order valence-corrected chi connectivity index (χ3v) is 4.55. The molecule has 5 heteroatoms. The molecule has 0 spiro atoms. The summed E-state index contributed by atoms with van der Waals surface area (Å²) in [5.41, 5.74) is 1.90. The molecule has 1 aromatic heterocycles. The van der Waals surface area contributed by atoms with Gasteiger partial charge in [0.05, 0.1) is 0 Å². The third kappa shape index (κ3) is 3.99. The highest BCUT2D eigenvalue weighted by Gasteiger charge is 2.18. The van der Waals surface area contributed by atoms with Crippen molar-refractivity contribution in [3.05, 3.63) is 53.6 Å². The Bertz CT molecular complexity index is 654. The van der Waals surface area contributed by atoms with E-state index < -0.39 is 0 Å². The molecule has 5 nitrogen and oxygen atoms in total. The van der Waals surface area contributed by atoms with Crippen molar-refractivity contribution in [2.75, 3.05) is 20.1 Å². The Morgan fingerprint density at radius 3 is 2.57 bits per heavy atom. The highest BCUT2D eigenvalue weighted by atomic mass is 16.1. The van der Waals surface area contributed by atoms with E-state index in [9.17, 15) is 4.79 Å². The molecule has 1 fully saturated rings. The van der Waals surface area contributed by atoms with Gasteiger partial charge in [0, 0.05) is 30.5 Å². The quantitative estimate of drug-likeness (QED) is 0.940. The predicted molar refractivity (Wildman–Crippen MR) is 90.5 cm³/mol. The van der Waals surface area contributed by atoms with Crippen LogP contribution < -0.4 is 5.32 Å². The SMILES string of the molecule is Cc1nccn1Cc1ccc(C(=O)NC2CCN(C)CC2)cc1. The van der Waals surface area contributed by atoms with Gasteiger partial charge in [0.2, 0.25) is 0 Å². The largest absolute Gasteiger partial charge is 0.349 e. The molecule has 0 radical (unpaired) electrons. The number of benzene rings is 1. The van der Waals surface area contributed by atoms with Gasteiger partial charge in [-0.05, 0) is 57.6 Å². The molecule has 2 heterocycles. The molecule has 2 aromatic rings. The number of carbonyl (C=O) groups excluding carboxylic acids is 1. The summed E-state index contributed by atoms with van der Waals surface area (Å²) in [6.07, 6.45) is 5.83. The van der Waals surface area contributed by atoms with E-state index >= 15 is 0 Å². The second-order valence-electron chi connectivity index (χ2n) is 6.35. The lowest BCUT2D eigenvalue weighted by Gasteiger charge is -2.29. The van der Waals surface area contributed by atoms with Crippen LogP contribution in [0.25, 0.3) is 0 Å². The number of hydrogen-bond acceptors (Lipinski definition) is 3. The van der Waals surface area contributed by atoms with Gasteiger partial charge in [-0.3, -0.25) is 4.79 Å². The molecule has 0 bridgehead atoms. The van der Waals surface area contributed by atoms with E-state index in [1.165, 1.54) is 5.56 Å². The van der Waals surface area contributed by atoms with Gasteiger partial charge in [-0.15, -0.1) is 0 Å². The van der Waals surface area contributed by atoms with Gasteiger partial charge in [0.15, 0.2) is 0 Å². The third-order valence-electron chi connectivity index (χ3n) is 4.55. The summed E-state index contributed by atoms with van der Waals surface area (Å²) in [4.78, 5) is 18.9. The van der Waals surface area contributed by atoms with Crippen LogP contribution in [0.4, 0.5) is 0 Å². The van der Waals surface area contributed by atoms with E-state index in [0.29, 0.717) is 6.04 Å². The van der Waals surface area contributed by atoms with Gasteiger partial charge >= 0.3 is 0 Å². The van der Waals surface area contributed by atoms with E-state index in [1.807, 2.05) is 37.4 Å². The van der Waals surface area contributed by atoms with Crippen molar-refractivity contribution in [3.63, 3.8) is 0 Å². The van der Waals surface area contributed by atoms with Crippen LogP contribution >= 0.6 is 0 Å². The Labute approximate surface area is 137 Å². The zero-order valence-corrected chi connectivity index (χ0v) is 13.8. The molecule has 0 unspecified atom stereocenters. The van der Waals surface area contributed by atoms with E-state index in [-0.39, 0.29) is 5.91 Å². The van der Waals surface area contributed by atoms with Crippen molar-refractivity contribution in [1.29, 1.82) is 0 Å². The average molecular weight is 312 g/mol. The van der Waals surface area contributed by atoms with E-state index in [1.54, 1.807) is 6.20 Å². The predicted octanol–water partition coefficient (Wildman–Crippen LogP) is 2.06. The summed E-state index contributed by atoms with van der Waals surface area (Å²) in [6.45, 7) is 4.87. The minimum Gasteiger partial charge on any atom is -0.349 e. The van der Waals surface area contributed by atoms with Gasteiger partial charge in [-0.1, -0.05) is 12.1 Å². The molecule has 23 heavy (non-hydrogen) atoms. The topological polar surface area (TPSA) is 50.2 Å². The maximum atomic E-state index is 12.3. The molecular formula is C18H24N4O. The molecular weight excluding hydrogens is 288 g/mol. The molecule has 0 aliphatic carbocycles. The van der Waals surface area contributed by atoms with Crippen molar-refractivity contribution >= 4 is 5.91 Å². The molecule has 0 atom stereocenters. The zero-order chi connectivity index (χ0) is 16.2. The Balaban J connectivity index is 1.58. The number of imidazole rings is 1. The molecule has 122 valence electrons. The summed E-state index contributed by atoms with van der Waals surface area (Å²) < 4.78 is 2.09. The van der Waals surface area contributed by atoms with Crippen molar-refractivity contribution in [3.8, 4) is 0 Å². The maximum absolute atomic E-state index is 12.3. The van der Waals surface area contributed by atoms with Gasteiger partial charge in [-0.25, -0.2) is 4.98 Å². The Morgan fingerprint density at radius 1 is 1.26 bits per heavy atom. The first-order chi connectivity index (χ1) is 11.1. The normalized spacial score (nSPS) is 16.4. The number of nitrogens with one attached hydrogen (secondary N) is 1. The fourth-order valence-electron chi connectivity index (χ4n) is 2.95. The molecule has 1 N–H and O–H groups in total. The average Bonchev–Trinajstić information content (AvgIpc) is 2.95. The van der Waals surface area contributed by atoms with E-state index in [4.69, 9.17) is 0 Å². The highest BCUT2D eigenvalue weighted by molar-refractivity contribution is 5.94. The molecule has 0 saturated carbocycles. The molecule has 1 saturated heterocycles. The van der Waals surface area contributed by atoms with Crippen LogP contribution in [-0.2, 0) is 6.54 Å². The summed E-state index contributed by atoms with van der Waals surface area (Å²) in [6, 6.07) is 8.15. The van der Waals surface area contributed by atoms with Crippen molar-refractivity contribution in [2.24, 2.45) is 0 Å². The van der Waals surface area contributed by atoms with E-state index in [2.05, 4.69) is 26.8 Å². The Hall–Kier alpha value is -2.14. The lowest BCUT2D eigenvalue weighted by molar-refractivity contribution is 0.0917. The van der Waals surface area contributed by atoms with Crippen molar-refractivity contribution in [1.82, 2.24) is 19.8 Å². The second-order valence-corrected chi connectivity index (χ2v) is 6.35. The van der Waals surface area contributed by atoms with Crippen LogP contribution in [0.5, 0.6) is 0 Å². The first-order valence-electron chi connectivity index (χ1n) is 8.18.